The first-order chi connectivity index (χ1) is 22.4. The molecule has 3 aromatic rings. The zero-order valence-electron chi connectivity index (χ0n) is 28.6. The lowest BCUT2D eigenvalue weighted by molar-refractivity contribution is -0.117. The summed E-state index contributed by atoms with van der Waals surface area (Å²) in [5, 5.41) is 0. The van der Waals surface area contributed by atoms with Gasteiger partial charge in [-0.15, -0.1) is 0 Å². The number of benzene rings is 3. The molecule has 46 heavy (non-hydrogen) atoms. The van der Waals surface area contributed by atoms with Gasteiger partial charge in [0, 0.05) is 44.8 Å². The van der Waals surface area contributed by atoms with Gasteiger partial charge in [0.25, 0.3) is 0 Å². The van der Waals surface area contributed by atoms with E-state index >= 15 is 0 Å². The van der Waals surface area contributed by atoms with E-state index in [1.807, 2.05) is 32.0 Å². The summed E-state index contributed by atoms with van der Waals surface area (Å²) in [5.74, 6) is 1.51. The summed E-state index contributed by atoms with van der Waals surface area (Å²) in [7, 11) is 1.38. The minimum absolute atomic E-state index is 0.0164. The molecule has 1 unspecified atom stereocenters. The van der Waals surface area contributed by atoms with Crippen LogP contribution in [-0.2, 0) is 16.0 Å². The van der Waals surface area contributed by atoms with Gasteiger partial charge < -0.3 is 23.9 Å². The number of hydrogen-bond donors (Lipinski definition) is 0. The van der Waals surface area contributed by atoms with Gasteiger partial charge in [0.2, 0.25) is 0 Å². The maximum Gasteiger partial charge on any atom is 0.337 e. The van der Waals surface area contributed by atoms with Crippen LogP contribution < -0.4 is 14.4 Å². The van der Waals surface area contributed by atoms with E-state index in [-0.39, 0.29) is 17.9 Å². The second-order valence-corrected chi connectivity index (χ2v) is 11.7. The monoisotopic (exact) mass is 630 g/mol. The normalized spacial score (nSPS) is 13.7. The van der Waals surface area contributed by atoms with E-state index in [9.17, 15) is 9.59 Å². The molecule has 1 aliphatic rings. The zero-order chi connectivity index (χ0) is 33.1. The van der Waals surface area contributed by atoms with Crippen LogP contribution in [0.4, 0.5) is 5.69 Å². The first-order valence-electron chi connectivity index (χ1n) is 17.0. The van der Waals surface area contributed by atoms with Crippen molar-refractivity contribution in [1.29, 1.82) is 0 Å². The highest BCUT2D eigenvalue weighted by atomic mass is 16.5. The van der Waals surface area contributed by atoms with Crippen molar-refractivity contribution >= 4 is 17.4 Å². The highest BCUT2D eigenvalue weighted by molar-refractivity contribution is 5.89. The van der Waals surface area contributed by atoms with Gasteiger partial charge >= 0.3 is 5.97 Å². The Kier molecular flexibility index (Phi) is 16.2. The fourth-order valence-corrected chi connectivity index (χ4v) is 5.76. The molecule has 0 N–H and O–H groups in total. The third kappa shape index (κ3) is 12.2. The van der Waals surface area contributed by atoms with Gasteiger partial charge in [-0.3, -0.25) is 4.90 Å². The van der Waals surface area contributed by atoms with Crippen molar-refractivity contribution in [3.05, 3.63) is 89.5 Å². The second-order valence-electron chi connectivity index (χ2n) is 11.7. The van der Waals surface area contributed by atoms with Gasteiger partial charge in [-0.05, 0) is 99.9 Å². The number of aryl methyl sites for hydroxylation is 2. The van der Waals surface area contributed by atoms with Gasteiger partial charge in [0.05, 0.1) is 25.4 Å². The molecule has 3 aromatic carbocycles. The third-order valence-corrected chi connectivity index (χ3v) is 8.30. The number of esters is 1. The molecule has 7 nitrogen and oxygen atoms in total. The SMILES string of the molecule is CC.COC(=O)c1ccc(OC(CCCCC(C)=O)CCc2ccccc2OCCCN2CCN(c3ccccc3C)CC2)cc1. The molecule has 1 saturated heterocycles. The molecule has 1 aliphatic heterocycles. The Morgan fingerprint density at radius 2 is 1.52 bits per heavy atom. The van der Waals surface area contributed by atoms with Crippen molar-refractivity contribution in [2.75, 3.05) is 51.3 Å². The third-order valence-electron chi connectivity index (χ3n) is 8.30. The van der Waals surface area contributed by atoms with Gasteiger partial charge in [-0.1, -0.05) is 50.2 Å². The van der Waals surface area contributed by atoms with Crippen molar-refractivity contribution in [3.63, 3.8) is 0 Å². The van der Waals surface area contributed by atoms with E-state index in [1.165, 1.54) is 23.9 Å². The quantitative estimate of drug-likeness (QED) is 0.111. The molecule has 4 rings (SSSR count). The van der Waals surface area contributed by atoms with E-state index in [1.54, 1.807) is 19.1 Å². The summed E-state index contributed by atoms with van der Waals surface area (Å²) >= 11 is 0. The maximum absolute atomic E-state index is 11.8. The number of ether oxygens (including phenoxy) is 3. The summed E-state index contributed by atoms with van der Waals surface area (Å²) in [5.41, 5.74) is 4.37. The molecule has 1 heterocycles. The molecule has 1 atom stereocenters. The Morgan fingerprint density at radius 3 is 2.22 bits per heavy atom. The molecule has 0 aromatic heterocycles. The molecule has 1 fully saturated rings. The molecular formula is C39H54N2O5. The fraction of sp³-hybridized carbons (Fsp3) is 0.487. The smallest absolute Gasteiger partial charge is 0.337 e. The first-order valence-corrected chi connectivity index (χ1v) is 17.0. The highest BCUT2D eigenvalue weighted by Gasteiger charge is 2.18. The topological polar surface area (TPSA) is 68.3 Å². The average Bonchev–Trinajstić information content (AvgIpc) is 3.09. The lowest BCUT2D eigenvalue weighted by atomic mass is 10.0. The largest absolute Gasteiger partial charge is 0.493 e. The van der Waals surface area contributed by atoms with Crippen molar-refractivity contribution in [2.45, 2.75) is 78.7 Å². The van der Waals surface area contributed by atoms with Gasteiger partial charge in [0.1, 0.15) is 17.3 Å². The standard InChI is InChI=1S/C37H48N2O5.C2H6/c1-29-11-4-8-15-35(29)39-26-24-38(25-27-39)23-10-28-43-36-16-9-6-13-31(36)17-20-33(14-7-5-12-30(2)40)44-34-21-18-32(19-22-34)37(41)42-3;1-2/h4,6,8-9,11,13,15-16,18-19,21-22,33H,5,7,10,12,14,17,20,23-28H2,1-3H3;1-2H3. The van der Waals surface area contributed by atoms with Crippen LogP contribution in [0.3, 0.4) is 0 Å². The maximum atomic E-state index is 11.8. The van der Waals surface area contributed by atoms with Crippen molar-refractivity contribution in [3.8, 4) is 11.5 Å². The van der Waals surface area contributed by atoms with Gasteiger partial charge in [0.15, 0.2) is 0 Å². The molecule has 7 heteroatoms. The van der Waals surface area contributed by atoms with Crippen LogP contribution in [0.15, 0.2) is 72.8 Å². The van der Waals surface area contributed by atoms with Gasteiger partial charge in [-0.2, -0.15) is 0 Å². The molecule has 250 valence electrons. The predicted octanol–water partition coefficient (Wildman–Crippen LogP) is 7.93. The van der Waals surface area contributed by atoms with Crippen molar-refractivity contribution in [2.24, 2.45) is 0 Å². The minimum Gasteiger partial charge on any atom is -0.493 e. The number of rotatable bonds is 17. The first kappa shape index (κ1) is 36.6. The van der Waals surface area contributed by atoms with Crippen LogP contribution in [0, 0.1) is 6.92 Å². The summed E-state index contributed by atoms with van der Waals surface area (Å²) in [6, 6.07) is 24.0. The number of piperazine rings is 1. The van der Waals surface area contributed by atoms with Crippen LogP contribution in [0.5, 0.6) is 11.5 Å². The molecule has 0 spiro atoms. The Labute approximate surface area is 276 Å². The van der Waals surface area contributed by atoms with E-state index < -0.39 is 0 Å². The Balaban J connectivity index is 0.00000282. The number of para-hydroxylation sites is 2. The van der Waals surface area contributed by atoms with Gasteiger partial charge in [-0.25, -0.2) is 4.79 Å². The average molecular weight is 631 g/mol. The van der Waals surface area contributed by atoms with Crippen LogP contribution in [0.2, 0.25) is 0 Å². The molecule has 0 radical (unpaired) electrons. The molecular weight excluding hydrogens is 576 g/mol. The Bertz CT molecular complexity index is 1320. The predicted molar refractivity (Wildman–Crippen MR) is 187 cm³/mol. The van der Waals surface area contributed by atoms with Crippen LogP contribution in [0.1, 0.15) is 80.8 Å². The lowest BCUT2D eigenvalue weighted by Crippen LogP contribution is -2.47. The molecule has 0 amide bonds. The van der Waals surface area contributed by atoms with E-state index in [0.29, 0.717) is 18.6 Å². The number of Topliss-reactive ketones (excluding diaryl/α,β-unsaturated/α-hetero) is 1. The summed E-state index contributed by atoms with van der Waals surface area (Å²) in [4.78, 5) is 28.3. The number of unbranched alkanes of at least 4 members (excludes halogenated alkanes) is 1. The van der Waals surface area contributed by atoms with Crippen LogP contribution in [0.25, 0.3) is 0 Å². The van der Waals surface area contributed by atoms with Crippen molar-refractivity contribution in [1.82, 2.24) is 4.90 Å². The highest BCUT2D eigenvalue weighted by Crippen LogP contribution is 2.25. The number of hydrogen-bond acceptors (Lipinski definition) is 7. The van der Waals surface area contributed by atoms with Crippen LogP contribution in [-0.4, -0.2) is 69.2 Å². The number of ketones is 1. The minimum atomic E-state index is -0.366. The molecule has 0 bridgehead atoms. The number of nitrogens with zero attached hydrogens (tertiary/aromatic N) is 2. The number of carbonyl (C=O) groups excluding carboxylic acids is 2. The number of anilines is 1. The fourth-order valence-electron chi connectivity index (χ4n) is 5.76. The number of carbonyl (C=O) groups is 2. The Morgan fingerprint density at radius 1 is 0.826 bits per heavy atom. The lowest BCUT2D eigenvalue weighted by Gasteiger charge is -2.36. The summed E-state index contributed by atoms with van der Waals surface area (Å²) in [6.07, 6.45) is 5.85. The Hall–Kier alpha value is -3.84. The van der Waals surface area contributed by atoms with Crippen LogP contribution >= 0.6 is 0 Å². The second kappa shape index (κ2) is 20.3. The molecule has 0 aliphatic carbocycles. The molecule has 0 saturated carbocycles. The van der Waals surface area contributed by atoms with E-state index in [2.05, 4.69) is 59.2 Å². The summed E-state index contributed by atoms with van der Waals surface area (Å²) in [6.45, 7) is 13.8. The van der Waals surface area contributed by atoms with Crippen molar-refractivity contribution < 1.29 is 23.8 Å². The van der Waals surface area contributed by atoms with E-state index in [0.717, 1.165) is 82.7 Å². The summed E-state index contributed by atoms with van der Waals surface area (Å²) < 4.78 is 17.5. The number of methoxy groups -OCH3 is 1. The zero-order valence-corrected chi connectivity index (χ0v) is 28.6. The van der Waals surface area contributed by atoms with E-state index in [4.69, 9.17) is 14.2 Å².